The van der Waals surface area contributed by atoms with Gasteiger partial charge in [0.15, 0.2) is 5.78 Å². The van der Waals surface area contributed by atoms with Crippen LogP contribution < -0.4 is 15.0 Å². The van der Waals surface area contributed by atoms with Gasteiger partial charge in [-0.05, 0) is 63.0 Å². The van der Waals surface area contributed by atoms with Crippen LogP contribution in [-0.2, 0) is 17.8 Å². The number of carbonyl (C=O) groups is 1. The lowest BCUT2D eigenvalue weighted by molar-refractivity contribution is -0.117. The number of anilines is 2. The van der Waals surface area contributed by atoms with Crippen molar-refractivity contribution in [2.75, 3.05) is 56.6 Å². The first kappa shape index (κ1) is 23.9. The van der Waals surface area contributed by atoms with Gasteiger partial charge in [0, 0.05) is 55.8 Å². The summed E-state index contributed by atoms with van der Waals surface area (Å²) in [5, 5.41) is 3.14. The second-order valence-electron chi connectivity index (χ2n) is 10.3. The fourth-order valence-corrected chi connectivity index (χ4v) is 5.87. The summed E-state index contributed by atoms with van der Waals surface area (Å²) in [6.07, 6.45) is 8.86. The summed E-state index contributed by atoms with van der Waals surface area (Å²) >= 11 is 0. The predicted molar refractivity (Wildman–Crippen MR) is 143 cm³/mol. The molecule has 5 heterocycles. The molecule has 1 aromatic carbocycles. The molecule has 9 heteroatoms. The van der Waals surface area contributed by atoms with Crippen molar-refractivity contribution >= 4 is 17.4 Å². The standard InChI is InChI=1S/C28H35N7O2/c1-37-23-6-4-20(5-7-23)25-18-35(15-14-33-10-2-3-11-33)27(32-25)21-8-12-34(13-9-21)28-24-16-22(36)17-29-26(24)30-19-31-28/h4-7,18-19,21H,2-3,8-17H2,1H3,(H,29,30,31). The van der Waals surface area contributed by atoms with E-state index < -0.39 is 0 Å². The Labute approximate surface area is 217 Å². The van der Waals surface area contributed by atoms with Crippen LogP contribution in [0.25, 0.3) is 11.3 Å². The number of carbonyl (C=O) groups excluding carboxylic acids is 1. The van der Waals surface area contributed by atoms with Crippen molar-refractivity contribution in [2.45, 2.75) is 44.6 Å². The second-order valence-corrected chi connectivity index (χ2v) is 10.3. The fourth-order valence-electron chi connectivity index (χ4n) is 5.87. The highest BCUT2D eigenvalue weighted by Crippen LogP contribution is 2.34. The molecule has 3 aromatic rings. The zero-order valence-corrected chi connectivity index (χ0v) is 21.5. The minimum Gasteiger partial charge on any atom is -0.497 e. The van der Waals surface area contributed by atoms with Crippen LogP contribution in [0.1, 0.15) is 43.0 Å². The van der Waals surface area contributed by atoms with E-state index in [2.05, 4.69) is 48.0 Å². The molecule has 2 aromatic heterocycles. The van der Waals surface area contributed by atoms with Crippen molar-refractivity contribution < 1.29 is 9.53 Å². The van der Waals surface area contributed by atoms with E-state index in [9.17, 15) is 4.79 Å². The summed E-state index contributed by atoms with van der Waals surface area (Å²) in [6, 6.07) is 8.18. The third-order valence-corrected chi connectivity index (χ3v) is 7.96. The number of piperidine rings is 1. The lowest BCUT2D eigenvalue weighted by Gasteiger charge is -2.34. The number of hydrogen-bond acceptors (Lipinski definition) is 8. The molecule has 37 heavy (non-hydrogen) atoms. The number of ketones is 1. The number of nitrogens with one attached hydrogen (secondary N) is 1. The third-order valence-electron chi connectivity index (χ3n) is 7.96. The van der Waals surface area contributed by atoms with E-state index in [4.69, 9.17) is 9.72 Å². The average molecular weight is 502 g/mol. The summed E-state index contributed by atoms with van der Waals surface area (Å²) in [7, 11) is 1.69. The lowest BCUT2D eigenvalue weighted by Crippen LogP contribution is -2.36. The van der Waals surface area contributed by atoms with Crippen molar-refractivity contribution in [2.24, 2.45) is 0 Å². The molecule has 9 nitrogen and oxygen atoms in total. The van der Waals surface area contributed by atoms with Crippen LogP contribution in [0.5, 0.6) is 5.75 Å². The Hall–Kier alpha value is -3.46. The maximum absolute atomic E-state index is 12.1. The summed E-state index contributed by atoms with van der Waals surface area (Å²) in [4.78, 5) is 31.1. The summed E-state index contributed by atoms with van der Waals surface area (Å²) in [6.45, 7) is 6.56. The number of nitrogens with zero attached hydrogens (tertiary/aromatic N) is 6. The Morgan fingerprint density at radius 2 is 1.81 bits per heavy atom. The van der Waals surface area contributed by atoms with Crippen molar-refractivity contribution in [3.8, 4) is 17.0 Å². The molecule has 2 saturated heterocycles. The zero-order valence-electron chi connectivity index (χ0n) is 21.5. The van der Waals surface area contributed by atoms with Gasteiger partial charge in [0.2, 0.25) is 0 Å². The van der Waals surface area contributed by atoms with Gasteiger partial charge in [-0.3, -0.25) is 4.79 Å². The van der Waals surface area contributed by atoms with Crippen LogP contribution in [0.3, 0.4) is 0 Å². The Morgan fingerprint density at radius 1 is 1.03 bits per heavy atom. The summed E-state index contributed by atoms with van der Waals surface area (Å²) in [5.41, 5.74) is 3.08. The normalized spacial score (nSPS) is 18.6. The highest BCUT2D eigenvalue weighted by molar-refractivity contribution is 5.90. The molecule has 0 unspecified atom stereocenters. The molecule has 3 aliphatic rings. The molecule has 3 aliphatic heterocycles. The van der Waals surface area contributed by atoms with Gasteiger partial charge in [-0.15, -0.1) is 0 Å². The van der Waals surface area contributed by atoms with Crippen molar-refractivity contribution in [3.63, 3.8) is 0 Å². The number of ether oxygens (including phenoxy) is 1. The summed E-state index contributed by atoms with van der Waals surface area (Å²) in [5.74, 6) is 4.32. The van der Waals surface area contributed by atoms with Gasteiger partial charge in [0.25, 0.3) is 0 Å². The quantitative estimate of drug-likeness (QED) is 0.527. The number of likely N-dealkylation sites (tertiary alicyclic amines) is 1. The van der Waals surface area contributed by atoms with Crippen LogP contribution in [-0.4, -0.2) is 76.6 Å². The first-order valence-corrected chi connectivity index (χ1v) is 13.5. The molecule has 194 valence electrons. The Morgan fingerprint density at radius 3 is 2.57 bits per heavy atom. The molecular formula is C28H35N7O2. The molecule has 0 amide bonds. The maximum atomic E-state index is 12.1. The van der Waals surface area contributed by atoms with E-state index in [0.29, 0.717) is 18.9 Å². The molecule has 2 fully saturated rings. The fraction of sp³-hybridized carbons (Fsp3) is 0.500. The van der Waals surface area contributed by atoms with Gasteiger partial charge in [0.1, 0.15) is 29.5 Å². The number of Topliss-reactive ketones (excluding diaryl/α,β-unsaturated/α-hetero) is 1. The number of fused-ring (bicyclic) bond motifs is 1. The largest absolute Gasteiger partial charge is 0.497 e. The van der Waals surface area contributed by atoms with E-state index in [1.54, 1.807) is 13.4 Å². The number of benzene rings is 1. The van der Waals surface area contributed by atoms with Crippen molar-refractivity contribution in [1.82, 2.24) is 24.4 Å². The molecular weight excluding hydrogens is 466 g/mol. The van der Waals surface area contributed by atoms with Crippen LogP contribution in [0.4, 0.5) is 11.6 Å². The van der Waals surface area contributed by atoms with Crippen molar-refractivity contribution in [3.05, 3.63) is 48.2 Å². The molecule has 0 bridgehead atoms. The third kappa shape index (κ3) is 5.05. The Kier molecular flexibility index (Phi) is 6.78. The van der Waals surface area contributed by atoms with Gasteiger partial charge in [-0.25, -0.2) is 15.0 Å². The maximum Gasteiger partial charge on any atom is 0.156 e. The second kappa shape index (κ2) is 10.5. The van der Waals surface area contributed by atoms with Crippen molar-refractivity contribution in [1.29, 1.82) is 0 Å². The number of aromatic nitrogens is 4. The minimum atomic E-state index is 0.185. The molecule has 6 rings (SSSR count). The highest BCUT2D eigenvalue weighted by atomic mass is 16.5. The average Bonchev–Trinajstić information content (AvgIpc) is 3.62. The van der Waals surface area contributed by atoms with E-state index >= 15 is 0 Å². The first-order chi connectivity index (χ1) is 18.2. The van der Waals surface area contributed by atoms with Gasteiger partial charge in [-0.1, -0.05) is 0 Å². The molecule has 1 N–H and O–H groups in total. The Bertz CT molecular complexity index is 1240. The molecule has 0 saturated carbocycles. The van der Waals surface area contributed by atoms with Gasteiger partial charge in [0.05, 0.1) is 19.3 Å². The zero-order chi connectivity index (χ0) is 25.2. The van der Waals surface area contributed by atoms with Crippen LogP contribution in [0, 0.1) is 0 Å². The molecule has 0 spiro atoms. The molecule has 0 aliphatic carbocycles. The number of imidazole rings is 1. The predicted octanol–water partition coefficient (Wildman–Crippen LogP) is 3.37. The van der Waals surface area contributed by atoms with Gasteiger partial charge in [-0.2, -0.15) is 0 Å². The Balaban J connectivity index is 1.21. The van der Waals surface area contributed by atoms with Crippen LogP contribution in [0.15, 0.2) is 36.8 Å². The van der Waals surface area contributed by atoms with E-state index in [1.165, 1.54) is 31.8 Å². The van der Waals surface area contributed by atoms with Crippen LogP contribution >= 0.6 is 0 Å². The smallest absolute Gasteiger partial charge is 0.156 e. The highest BCUT2D eigenvalue weighted by Gasteiger charge is 2.29. The monoisotopic (exact) mass is 501 g/mol. The van der Waals surface area contributed by atoms with E-state index in [0.717, 1.165) is 73.2 Å². The number of methoxy groups -OCH3 is 1. The van der Waals surface area contributed by atoms with Crippen LogP contribution in [0.2, 0.25) is 0 Å². The van der Waals surface area contributed by atoms with Gasteiger partial charge >= 0.3 is 0 Å². The minimum absolute atomic E-state index is 0.185. The van der Waals surface area contributed by atoms with Gasteiger partial charge < -0.3 is 24.4 Å². The summed E-state index contributed by atoms with van der Waals surface area (Å²) < 4.78 is 7.74. The van der Waals surface area contributed by atoms with E-state index in [-0.39, 0.29) is 5.78 Å². The van der Waals surface area contributed by atoms with E-state index in [1.807, 2.05) is 12.1 Å². The topological polar surface area (TPSA) is 88.4 Å². The number of rotatable bonds is 7. The molecule has 0 atom stereocenters. The SMILES string of the molecule is COc1ccc(-c2cn(CCN3CCCC3)c(C3CCN(c4ncnc5c4CC(=O)CN5)CC3)n2)cc1. The lowest BCUT2D eigenvalue weighted by atomic mass is 9.95. The first-order valence-electron chi connectivity index (χ1n) is 13.5. The molecule has 0 radical (unpaired) electrons. The number of hydrogen-bond donors (Lipinski definition) is 1.